The minimum absolute atomic E-state index is 0.0420. The van der Waals surface area contributed by atoms with Gasteiger partial charge in [0.25, 0.3) is 9.04 Å². The van der Waals surface area contributed by atoms with E-state index in [0.29, 0.717) is 18.1 Å². The lowest BCUT2D eigenvalue weighted by Crippen LogP contribution is -2.64. The zero-order valence-electron chi connectivity index (χ0n) is 22.7. The first-order valence-electron chi connectivity index (χ1n) is 14.0. The maximum atomic E-state index is 13.8. The van der Waals surface area contributed by atoms with Gasteiger partial charge in [0.1, 0.15) is 5.78 Å². The summed E-state index contributed by atoms with van der Waals surface area (Å²) in [6.07, 6.45) is 4.84. The molecule has 2 aromatic carbocycles. The van der Waals surface area contributed by atoms with Crippen LogP contribution in [0.15, 0.2) is 60.7 Å². The SMILES string of the molecule is CC[C@]1(C)C[C@@H](O[Si](c2ccccc2)c2ccccc2)[C@@]2(C)C3C(=O)CC[C@@]3(CC[C@H]2C)[C@H](C)[C@@H]1O. The third-order valence-electron chi connectivity index (χ3n) is 11.0. The van der Waals surface area contributed by atoms with Crippen LogP contribution < -0.4 is 10.4 Å². The van der Waals surface area contributed by atoms with Crippen molar-refractivity contribution < 1.29 is 14.3 Å². The van der Waals surface area contributed by atoms with Crippen molar-refractivity contribution in [2.24, 2.45) is 34.0 Å². The van der Waals surface area contributed by atoms with Gasteiger partial charge in [-0.05, 0) is 65.1 Å². The summed E-state index contributed by atoms with van der Waals surface area (Å²) in [5, 5.41) is 14.4. The molecule has 3 aliphatic rings. The van der Waals surface area contributed by atoms with Crippen molar-refractivity contribution in [1.29, 1.82) is 0 Å². The smallest absolute Gasteiger partial charge is 0.283 e. The molecule has 0 aliphatic heterocycles. The van der Waals surface area contributed by atoms with Gasteiger partial charge in [-0.1, -0.05) is 95.3 Å². The molecule has 3 saturated carbocycles. The molecule has 5 rings (SSSR count). The largest absolute Gasteiger partial charge is 0.404 e. The predicted molar refractivity (Wildman–Crippen MR) is 148 cm³/mol. The highest BCUT2D eigenvalue weighted by molar-refractivity contribution is 6.80. The van der Waals surface area contributed by atoms with E-state index in [2.05, 4.69) is 95.3 Å². The minimum Gasteiger partial charge on any atom is -0.404 e. The first-order valence-corrected chi connectivity index (χ1v) is 15.4. The number of benzene rings is 2. The Morgan fingerprint density at radius 2 is 1.56 bits per heavy atom. The first kappa shape index (κ1) is 25.9. The summed E-state index contributed by atoms with van der Waals surface area (Å²) < 4.78 is 7.43. The molecule has 0 spiro atoms. The Morgan fingerprint density at radius 1 is 0.972 bits per heavy atom. The van der Waals surface area contributed by atoms with Crippen LogP contribution in [0.3, 0.4) is 0 Å². The van der Waals surface area contributed by atoms with E-state index in [1.54, 1.807) is 0 Å². The van der Waals surface area contributed by atoms with Gasteiger partial charge in [-0.15, -0.1) is 0 Å². The van der Waals surface area contributed by atoms with Crippen LogP contribution >= 0.6 is 0 Å². The molecule has 4 heteroatoms. The monoisotopic (exact) mass is 503 g/mol. The number of aliphatic hydroxyl groups is 1. The molecule has 0 aromatic heterocycles. The number of aliphatic hydroxyl groups excluding tert-OH is 1. The number of hydrogen-bond donors (Lipinski definition) is 1. The van der Waals surface area contributed by atoms with Crippen LogP contribution in [0.1, 0.15) is 73.1 Å². The van der Waals surface area contributed by atoms with E-state index in [9.17, 15) is 9.90 Å². The average molecular weight is 504 g/mol. The van der Waals surface area contributed by atoms with Crippen molar-refractivity contribution in [3.63, 3.8) is 0 Å². The van der Waals surface area contributed by atoms with Gasteiger partial charge in [0, 0.05) is 17.8 Å². The minimum atomic E-state index is -1.55. The number of carbonyl (C=O) groups is 1. The Kier molecular flexibility index (Phi) is 6.85. The van der Waals surface area contributed by atoms with Crippen molar-refractivity contribution >= 4 is 25.2 Å². The molecule has 0 heterocycles. The number of rotatable bonds is 5. The number of carbonyl (C=O) groups excluding carboxylic acids is 1. The molecule has 8 atom stereocenters. The van der Waals surface area contributed by atoms with E-state index < -0.39 is 15.1 Å². The van der Waals surface area contributed by atoms with Crippen molar-refractivity contribution in [3.8, 4) is 0 Å². The van der Waals surface area contributed by atoms with Gasteiger partial charge in [0.2, 0.25) is 0 Å². The fraction of sp³-hybridized carbons (Fsp3) is 0.594. The van der Waals surface area contributed by atoms with E-state index in [4.69, 9.17) is 4.43 Å². The van der Waals surface area contributed by atoms with Crippen molar-refractivity contribution in [3.05, 3.63) is 60.7 Å². The first-order chi connectivity index (χ1) is 17.2. The Bertz CT molecular complexity index is 1030. The van der Waals surface area contributed by atoms with E-state index in [0.717, 1.165) is 32.1 Å². The van der Waals surface area contributed by atoms with Gasteiger partial charge in [0.15, 0.2) is 0 Å². The van der Waals surface area contributed by atoms with Crippen LogP contribution in [0.4, 0.5) is 0 Å². The molecule has 3 aliphatic carbocycles. The molecule has 2 bridgehead atoms. The number of Topliss-reactive ketones (excluding diaryl/α,β-unsaturated/α-hetero) is 1. The lowest BCUT2D eigenvalue weighted by molar-refractivity contribution is -0.193. The second kappa shape index (κ2) is 9.52. The van der Waals surface area contributed by atoms with E-state index in [1.165, 1.54) is 10.4 Å². The average Bonchev–Trinajstić information content (AvgIpc) is 3.26. The normalized spacial score (nSPS) is 40.5. The summed E-state index contributed by atoms with van der Waals surface area (Å²) in [7, 11) is -1.55. The lowest BCUT2D eigenvalue weighted by atomic mass is 9.43. The summed E-state index contributed by atoms with van der Waals surface area (Å²) in [4.78, 5) is 13.8. The zero-order chi connectivity index (χ0) is 25.7. The predicted octanol–water partition coefficient (Wildman–Crippen LogP) is 5.40. The van der Waals surface area contributed by atoms with Crippen LogP contribution in [0.5, 0.6) is 0 Å². The highest BCUT2D eigenvalue weighted by Gasteiger charge is 2.67. The quantitative estimate of drug-likeness (QED) is 0.556. The molecule has 36 heavy (non-hydrogen) atoms. The van der Waals surface area contributed by atoms with Crippen LogP contribution in [-0.4, -0.2) is 32.1 Å². The fourth-order valence-electron chi connectivity index (χ4n) is 8.33. The Morgan fingerprint density at radius 3 is 2.11 bits per heavy atom. The zero-order valence-corrected chi connectivity index (χ0v) is 23.7. The fourth-order valence-corrected chi connectivity index (χ4v) is 10.5. The van der Waals surface area contributed by atoms with Gasteiger partial charge in [0.05, 0.1) is 12.2 Å². The topological polar surface area (TPSA) is 46.5 Å². The van der Waals surface area contributed by atoms with Crippen LogP contribution in [0, 0.1) is 34.0 Å². The second-order valence-electron chi connectivity index (χ2n) is 12.6. The molecule has 0 amide bonds. The summed E-state index contributed by atoms with van der Waals surface area (Å²) in [6.45, 7) is 11.4. The molecule has 3 nitrogen and oxygen atoms in total. The van der Waals surface area contributed by atoms with Crippen LogP contribution in [-0.2, 0) is 9.22 Å². The van der Waals surface area contributed by atoms with Crippen molar-refractivity contribution in [2.45, 2.75) is 85.4 Å². The third-order valence-corrected chi connectivity index (χ3v) is 13.3. The molecule has 2 aromatic rings. The summed E-state index contributed by atoms with van der Waals surface area (Å²) >= 11 is 0. The molecule has 0 saturated heterocycles. The number of hydrogen-bond acceptors (Lipinski definition) is 3. The van der Waals surface area contributed by atoms with Gasteiger partial charge >= 0.3 is 0 Å². The van der Waals surface area contributed by atoms with Gasteiger partial charge in [-0.3, -0.25) is 4.79 Å². The second-order valence-corrected chi connectivity index (χ2v) is 14.6. The van der Waals surface area contributed by atoms with E-state index in [-0.39, 0.29) is 34.2 Å². The van der Waals surface area contributed by atoms with E-state index >= 15 is 0 Å². The maximum absolute atomic E-state index is 13.8. The Hall–Kier alpha value is -1.75. The molecule has 1 radical (unpaired) electrons. The summed E-state index contributed by atoms with van der Waals surface area (Å²) in [5.41, 5.74) is -0.634. The third kappa shape index (κ3) is 3.87. The molecular weight excluding hydrogens is 460 g/mol. The van der Waals surface area contributed by atoms with Crippen LogP contribution in [0.25, 0.3) is 0 Å². The molecule has 193 valence electrons. The summed E-state index contributed by atoms with van der Waals surface area (Å²) in [6, 6.07) is 21.3. The lowest BCUT2D eigenvalue weighted by Gasteiger charge is -2.62. The molecule has 1 unspecified atom stereocenters. The van der Waals surface area contributed by atoms with Crippen molar-refractivity contribution in [1.82, 2.24) is 0 Å². The Balaban J connectivity index is 1.67. The van der Waals surface area contributed by atoms with Gasteiger partial charge in [-0.2, -0.15) is 0 Å². The van der Waals surface area contributed by atoms with E-state index in [1.807, 2.05) is 0 Å². The van der Waals surface area contributed by atoms with Crippen LogP contribution in [0.2, 0.25) is 0 Å². The molecule has 1 N–H and O–H groups in total. The highest BCUT2D eigenvalue weighted by Crippen LogP contribution is 2.68. The van der Waals surface area contributed by atoms with Gasteiger partial charge < -0.3 is 9.53 Å². The Labute approximate surface area is 219 Å². The molecular formula is C32H43O3Si. The van der Waals surface area contributed by atoms with Crippen molar-refractivity contribution in [2.75, 3.05) is 0 Å². The molecule has 3 fully saturated rings. The summed E-state index contributed by atoms with van der Waals surface area (Å²) in [5.74, 6) is 0.866. The highest BCUT2D eigenvalue weighted by atomic mass is 28.3. The van der Waals surface area contributed by atoms with Gasteiger partial charge in [-0.25, -0.2) is 0 Å². The number of ketones is 1. The standard InChI is InChI=1S/C32H43O3Si/c1-6-30(4)21-27(35-36(24-13-9-7-10-14-24)25-15-11-8-12-16-25)31(5)22(2)17-19-32(23(3)29(30)34)20-18-26(33)28(31)32/h7-16,22-23,27-29,34H,6,17-21H2,1-5H3/t22-,23-,27-,28?,29+,30-,31+,32+/m1/s1. The maximum Gasteiger partial charge on any atom is 0.283 e.